The van der Waals surface area contributed by atoms with Crippen molar-refractivity contribution < 1.29 is 15.0 Å². The molecular formula is C13H18ClNO3. The Balaban J connectivity index is 0.00000162. The molecule has 1 atom stereocenters. The molecule has 1 aromatic carbocycles. The first-order valence-electron chi connectivity index (χ1n) is 5.81. The third-order valence-corrected chi connectivity index (χ3v) is 3.26. The van der Waals surface area contributed by atoms with Gasteiger partial charge in [0.1, 0.15) is 5.75 Å². The quantitative estimate of drug-likeness (QED) is 0.786. The molecule has 0 unspecified atom stereocenters. The van der Waals surface area contributed by atoms with Crippen LogP contribution in [0.1, 0.15) is 46.8 Å². The average Bonchev–Trinajstić information content (AvgIpc) is 3.05. The molecule has 1 aromatic rings. The first-order chi connectivity index (χ1) is 7.99. The zero-order chi connectivity index (χ0) is 12.6. The molecule has 5 heteroatoms. The lowest BCUT2D eigenvalue weighted by Gasteiger charge is -2.15. The molecule has 1 saturated carbocycles. The van der Waals surface area contributed by atoms with Gasteiger partial charge in [0.25, 0.3) is 0 Å². The van der Waals surface area contributed by atoms with E-state index in [9.17, 15) is 9.90 Å². The molecule has 0 aliphatic heterocycles. The summed E-state index contributed by atoms with van der Waals surface area (Å²) in [7, 11) is 0. The van der Waals surface area contributed by atoms with E-state index in [1.807, 2.05) is 0 Å². The summed E-state index contributed by atoms with van der Waals surface area (Å²) >= 11 is 0. The molecule has 0 amide bonds. The molecular weight excluding hydrogens is 254 g/mol. The number of carboxylic acids is 1. The second-order valence-corrected chi connectivity index (χ2v) is 4.82. The van der Waals surface area contributed by atoms with Gasteiger partial charge < -0.3 is 15.9 Å². The summed E-state index contributed by atoms with van der Waals surface area (Å²) in [4.78, 5) is 11.0. The fourth-order valence-electron chi connectivity index (χ4n) is 2.05. The van der Waals surface area contributed by atoms with Crippen LogP contribution in [0.2, 0.25) is 0 Å². The molecule has 0 radical (unpaired) electrons. The third-order valence-electron chi connectivity index (χ3n) is 3.26. The van der Waals surface area contributed by atoms with Gasteiger partial charge in [0.15, 0.2) is 0 Å². The molecule has 0 aromatic heterocycles. The lowest BCUT2D eigenvalue weighted by Crippen LogP contribution is -2.13. The molecule has 1 aliphatic carbocycles. The zero-order valence-corrected chi connectivity index (χ0v) is 11.0. The molecule has 4 N–H and O–H groups in total. The summed E-state index contributed by atoms with van der Waals surface area (Å²) < 4.78 is 0. The van der Waals surface area contributed by atoms with E-state index >= 15 is 0 Å². The number of nitrogens with two attached hydrogens (primary N) is 1. The number of rotatable bonds is 4. The van der Waals surface area contributed by atoms with Crippen molar-refractivity contribution in [2.45, 2.75) is 32.2 Å². The highest BCUT2D eigenvalue weighted by molar-refractivity contribution is 5.88. The van der Waals surface area contributed by atoms with Crippen molar-refractivity contribution in [2.24, 2.45) is 11.7 Å². The minimum atomic E-state index is -0.993. The minimum absolute atomic E-state index is 0. The summed E-state index contributed by atoms with van der Waals surface area (Å²) in [6.07, 6.45) is 3.19. The maximum Gasteiger partial charge on any atom is 0.335 e. The van der Waals surface area contributed by atoms with Gasteiger partial charge in [-0.1, -0.05) is 12.8 Å². The number of hydrogen-bond acceptors (Lipinski definition) is 3. The Labute approximate surface area is 112 Å². The van der Waals surface area contributed by atoms with Gasteiger partial charge in [-0.15, -0.1) is 12.4 Å². The SMILES string of the molecule is Cc1cc(C(=O)O)cc([C@@H](N)CC2CC2)c1O.Cl. The smallest absolute Gasteiger partial charge is 0.335 e. The van der Waals surface area contributed by atoms with E-state index in [1.54, 1.807) is 6.92 Å². The van der Waals surface area contributed by atoms with Gasteiger partial charge in [0, 0.05) is 11.6 Å². The number of halogens is 1. The maximum atomic E-state index is 11.0. The molecule has 0 saturated heterocycles. The Morgan fingerprint density at radius 3 is 2.61 bits per heavy atom. The standard InChI is InChI=1S/C13H17NO3.ClH/c1-7-4-9(13(16)17)6-10(12(7)15)11(14)5-8-2-3-8;/h4,6,8,11,15H,2-3,5,14H2,1H3,(H,16,17);1H/t11-;/m0./s1. The van der Waals surface area contributed by atoms with E-state index in [1.165, 1.54) is 25.0 Å². The Morgan fingerprint density at radius 2 is 2.11 bits per heavy atom. The van der Waals surface area contributed by atoms with Crippen LogP contribution in [0.5, 0.6) is 5.75 Å². The monoisotopic (exact) mass is 271 g/mol. The van der Waals surface area contributed by atoms with E-state index in [4.69, 9.17) is 10.8 Å². The van der Waals surface area contributed by atoms with Gasteiger partial charge in [-0.05, 0) is 37.0 Å². The first kappa shape index (κ1) is 14.8. The normalized spacial score (nSPS) is 15.9. The van der Waals surface area contributed by atoms with Gasteiger partial charge in [0.05, 0.1) is 5.56 Å². The van der Waals surface area contributed by atoms with Crippen molar-refractivity contribution >= 4 is 18.4 Å². The Hall–Kier alpha value is -1.26. The Kier molecular flexibility index (Phi) is 4.59. The van der Waals surface area contributed by atoms with E-state index < -0.39 is 5.97 Å². The van der Waals surface area contributed by atoms with Crippen LogP contribution >= 0.6 is 12.4 Å². The van der Waals surface area contributed by atoms with Crippen molar-refractivity contribution in [1.29, 1.82) is 0 Å². The molecule has 1 aliphatic rings. The number of phenols is 1. The van der Waals surface area contributed by atoms with Crippen LogP contribution in [0.15, 0.2) is 12.1 Å². The van der Waals surface area contributed by atoms with Crippen molar-refractivity contribution in [3.8, 4) is 5.75 Å². The van der Waals surface area contributed by atoms with Crippen LogP contribution in [0.4, 0.5) is 0 Å². The minimum Gasteiger partial charge on any atom is -0.507 e. The second-order valence-electron chi connectivity index (χ2n) is 4.82. The number of phenolic OH excluding ortho intramolecular Hbond substituents is 1. The van der Waals surface area contributed by atoms with E-state index in [0.29, 0.717) is 17.0 Å². The molecule has 2 rings (SSSR count). The molecule has 0 heterocycles. The van der Waals surface area contributed by atoms with Crippen LogP contribution in [-0.2, 0) is 0 Å². The number of aromatic hydroxyl groups is 1. The lowest BCUT2D eigenvalue weighted by atomic mass is 9.96. The highest BCUT2D eigenvalue weighted by Gasteiger charge is 2.26. The van der Waals surface area contributed by atoms with Gasteiger partial charge in [-0.3, -0.25) is 0 Å². The summed E-state index contributed by atoms with van der Waals surface area (Å²) in [5.74, 6) is -0.227. The highest BCUT2D eigenvalue weighted by Crippen LogP contribution is 2.39. The summed E-state index contributed by atoms with van der Waals surface area (Å²) in [6.45, 7) is 1.69. The van der Waals surface area contributed by atoms with Crippen molar-refractivity contribution in [1.82, 2.24) is 0 Å². The van der Waals surface area contributed by atoms with Crippen LogP contribution < -0.4 is 5.73 Å². The van der Waals surface area contributed by atoms with Crippen molar-refractivity contribution in [3.05, 3.63) is 28.8 Å². The van der Waals surface area contributed by atoms with Crippen LogP contribution in [0, 0.1) is 12.8 Å². The lowest BCUT2D eigenvalue weighted by molar-refractivity contribution is 0.0696. The number of carboxylic acid groups (broad SMARTS) is 1. The molecule has 0 spiro atoms. The fraction of sp³-hybridized carbons (Fsp3) is 0.462. The van der Waals surface area contributed by atoms with E-state index in [2.05, 4.69) is 0 Å². The van der Waals surface area contributed by atoms with E-state index in [-0.39, 0.29) is 29.8 Å². The van der Waals surface area contributed by atoms with Gasteiger partial charge in [-0.2, -0.15) is 0 Å². The predicted molar refractivity (Wildman–Crippen MR) is 71.3 cm³/mol. The number of aromatic carboxylic acids is 1. The Morgan fingerprint density at radius 1 is 1.50 bits per heavy atom. The average molecular weight is 272 g/mol. The van der Waals surface area contributed by atoms with Crippen LogP contribution in [-0.4, -0.2) is 16.2 Å². The van der Waals surface area contributed by atoms with Gasteiger partial charge >= 0.3 is 5.97 Å². The number of hydrogen-bond donors (Lipinski definition) is 3. The topological polar surface area (TPSA) is 83.5 Å². The molecule has 0 bridgehead atoms. The predicted octanol–water partition coefficient (Wildman–Crippen LogP) is 2.62. The summed E-state index contributed by atoms with van der Waals surface area (Å²) in [5, 5.41) is 18.9. The van der Waals surface area contributed by atoms with Gasteiger partial charge in [0.2, 0.25) is 0 Å². The highest BCUT2D eigenvalue weighted by atomic mass is 35.5. The molecule has 18 heavy (non-hydrogen) atoms. The molecule has 100 valence electrons. The second kappa shape index (κ2) is 5.59. The first-order valence-corrected chi connectivity index (χ1v) is 5.81. The van der Waals surface area contributed by atoms with Crippen molar-refractivity contribution in [3.63, 3.8) is 0 Å². The number of aryl methyl sites for hydroxylation is 1. The van der Waals surface area contributed by atoms with Gasteiger partial charge in [-0.25, -0.2) is 4.79 Å². The van der Waals surface area contributed by atoms with Crippen molar-refractivity contribution in [2.75, 3.05) is 0 Å². The molecule has 1 fully saturated rings. The summed E-state index contributed by atoms with van der Waals surface area (Å²) in [5.41, 5.74) is 7.32. The van der Waals surface area contributed by atoms with E-state index in [0.717, 1.165) is 6.42 Å². The van der Waals surface area contributed by atoms with Crippen LogP contribution in [0.25, 0.3) is 0 Å². The Bertz CT molecular complexity index is 458. The summed E-state index contributed by atoms with van der Waals surface area (Å²) in [6, 6.07) is 2.67. The largest absolute Gasteiger partial charge is 0.507 e. The number of benzene rings is 1. The zero-order valence-electron chi connectivity index (χ0n) is 10.2. The van der Waals surface area contributed by atoms with Crippen LogP contribution in [0.3, 0.4) is 0 Å². The molecule has 4 nitrogen and oxygen atoms in total. The fourth-order valence-corrected chi connectivity index (χ4v) is 2.05. The number of carbonyl (C=O) groups is 1. The maximum absolute atomic E-state index is 11.0. The third kappa shape index (κ3) is 3.15.